The van der Waals surface area contributed by atoms with Crippen molar-refractivity contribution in [2.45, 2.75) is 51.5 Å². The molecule has 1 atom stereocenters. The minimum atomic E-state index is -0.561. The molecule has 5 rings (SSSR count). The van der Waals surface area contributed by atoms with Gasteiger partial charge in [0.25, 0.3) is 12.1 Å². The lowest BCUT2D eigenvalue weighted by molar-refractivity contribution is -0.894. The maximum Gasteiger partial charge on any atom is 0.290 e. The topological polar surface area (TPSA) is 129 Å². The number of carbonyl (C=O) groups excluding carboxylic acids is 1. The van der Waals surface area contributed by atoms with E-state index in [0.717, 1.165) is 67.6 Å². The molecule has 4 aromatic rings. The summed E-state index contributed by atoms with van der Waals surface area (Å²) in [6.07, 6.45) is 11.0. The van der Waals surface area contributed by atoms with Crippen molar-refractivity contribution in [2.75, 3.05) is 43.4 Å². The fraction of sp³-hybridized carbons (Fsp3) is 0.419. The Morgan fingerprint density at radius 2 is 2.12 bits per heavy atom. The maximum atomic E-state index is 13.6. The van der Waals surface area contributed by atoms with E-state index in [4.69, 9.17) is 9.72 Å². The van der Waals surface area contributed by atoms with Crippen LogP contribution < -0.4 is 20.1 Å². The Balaban J connectivity index is 1.20. The van der Waals surface area contributed by atoms with Crippen LogP contribution in [0.1, 0.15) is 43.9 Å². The first-order valence-corrected chi connectivity index (χ1v) is 14.8. The van der Waals surface area contributed by atoms with Crippen molar-refractivity contribution < 1.29 is 23.9 Å². The Morgan fingerprint density at radius 1 is 1.21 bits per heavy atom. The van der Waals surface area contributed by atoms with Gasteiger partial charge < -0.3 is 15.3 Å². The molecule has 0 amide bonds. The van der Waals surface area contributed by atoms with Gasteiger partial charge in [0.2, 0.25) is 0 Å². The number of pyridine rings is 3. The highest BCUT2D eigenvalue weighted by Crippen LogP contribution is 2.21. The number of nitrogens with zero attached hydrogens (tertiary/aromatic N) is 6. The predicted molar refractivity (Wildman–Crippen MR) is 160 cm³/mol. The number of nitrogens with one attached hydrogen (secondary N) is 2. The number of hydrogen-bond acceptors (Lipinski definition) is 10. The second kappa shape index (κ2) is 14.6. The van der Waals surface area contributed by atoms with Crippen molar-refractivity contribution in [2.24, 2.45) is 0 Å². The number of anilines is 2. The lowest BCUT2D eigenvalue weighted by atomic mass is 10.1. The molecule has 0 radical (unpaired) electrons. The first kappa shape index (κ1) is 30.0. The van der Waals surface area contributed by atoms with Crippen LogP contribution in [0.5, 0.6) is 5.75 Å². The van der Waals surface area contributed by atoms with Gasteiger partial charge in [-0.15, -0.1) is 4.98 Å². The summed E-state index contributed by atoms with van der Waals surface area (Å²) in [4.78, 5) is 32.1. The molecule has 3 N–H and O–H groups in total. The molecule has 0 spiro atoms. The van der Waals surface area contributed by atoms with E-state index in [1.807, 2.05) is 0 Å². The maximum absolute atomic E-state index is 13.6. The first-order valence-electron chi connectivity index (χ1n) is 14.8. The minimum absolute atomic E-state index is 0.0602. The molecule has 1 aliphatic rings. The zero-order valence-electron chi connectivity index (χ0n) is 24.4. The summed E-state index contributed by atoms with van der Waals surface area (Å²) in [5.41, 5.74) is 3.44. The number of ether oxygens (including phenoxy) is 1. The molecule has 4 aromatic heterocycles. The summed E-state index contributed by atoms with van der Waals surface area (Å²) in [5, 5.41) is 17.0. The molecular weight excluding hydrogens is 551 g/mol. The summed E-state index contributed by atoms with van der Waals surface area (Å²) in [5.74, 6) is 1.19. The van der Waals surface area contributed by atoms with Gasteiger partial charge in [-0.3, -0.25) is 20.0 Å². The number of halogens is 1. The van der Waals surface area contributed by atoms with Gasteiger partial charge in [0, 0.05) is 44.0 Å². The van der Waals surface area contributed by atoms with Crippen LogP contribution in [0.15, 0.2) is 55.2 Å². The summed E-state index contributed by atoms with van der Waals surface area (Å²) < 4.78 is 20.2. The zero-order valence-corrected chi connectivity index (χ0v) is 24.4. The van der Waals surface area contributed by atoms with Crippen molar-refractivity contribution in [3.05, 3.63) is 72.3 Å². The van der Waals surface area contributed by atoms with Gasteiger partial charge in [-0.25, -0.2) is 14.4 Å². The highest BCUT2D eigenvalue weighted by atomic mass is 19.1. The van der Waals surface area contributed by atoms with E-state index in [9.17, 15) is 14.4 Å². The van der Waals surface area contributed by atoms with E-state index in [1.54, 1.807) is 18.3 Å². The van der Waals surface area contributed by atoms with E-state index in [1.165, 1.54) is 31.1 Å². The first-order chi connectivity index (χ1) is 21.0. The third-order valence-electron chi connectivity index (χ3n) is 7.55. The second-order valence-electron chi connectivity index (χ2n) is 10.7. The van der Waals surface area contributed by atoms with Gasteiger partial charge in [-0.05, 0) is 69.3 Å². The molecule has 11 nitrogen and oxygen atoms in total. The lowest BCUT2D eigenvalue weighted by Crippen LogP contribution is -2.41. The number of unbranched alkanes of at least 4 members (excludes halogenated alkanes) is 1. The molecule has 5 heterocycles. The second-order valence-corrected chi connectivity index (χ2v) is 10.7. The van der Waals surface area contributed by atoms with Crippen molar-refractivity contribution in [3.63, 3.8) is 0 Å². The summed E-state index contributed by atoms with van der Waals surface area (Å²) in [6.45, 7) is 4.82. The number of Topliss-reactive ketones (excluding diaryl/α,β-unsaturated/α-hetero) is 1. The lowest BCUT2D eigenvalue weighted by Gasteiger charge is -2.24. The minimum Gasteiger partial charge on any atom is -0.491 e. The van der Waals surface area contributed by atoms with Crippen LogP contribution in [-0.4, -0.2) is 74.7 Å². The van der Waals surface area contributed by atoms with Crippen molar-refractivity contribution in [1.82, 2.24) is 24.8 Å². The molecule has 12 heteroatoms. The quantitative estimate of drug-likeness (QED) is 0.107. The molecule has 0 bridgehead atoms. The van der Waals surface area contributed by atoms with Crippen LogP contribution in [0.3, 0.4) is 0 Å². The summed E-state index contributed by atoms with van der Waals surface area (Å²) in [7, 11) is 0. The average Bonchev–Trinajstić information content (AvgIpc) is 3.01. The molecule has 1 aliphatic heterocycles. The number of ketones is 1. The number of fused-ring (bicyclic) bond motifs is 2. The van der Waals surface area contributed by atoms with Crippen LogP contribution in [-0.2, 0) is 17.6 Å². The van der Waals surface area contributed by atoms with Crippen LogP contribution in [0.25, 0.3) is 11.0 Å². The smallest absolute Gasteiger partial charge is 0.290 e. The third kappa shape index (κ3) is 8.31. The van der Waals surface area contributed by atoms with Crippen LogP contribution in [0.4, 0.5) is 16.0 Å². The average molecular weight is 590 g/mol. The van der Waals surface area contributed by atoms with Gasteiger partial charge in [-0.2, -0.15) is 0 Å². The molecule has 43 heavy (non-hydrogen) atoms. The Bertz CT molecular complexity index is 1540. The molecule has 226 valence electrons. The molecular formula is C31H38FN8O3+. The largest absolute Gasteiger partial charge is 0.491 e. The van der Waals surface area contributed by atoms with Crippen LogP contribution >= 0.6 is 0 Å². The monoisotopic (exact) mass is 589 g/mol. The van der Waals surface area contributed by atoms with Crippen LogP contribution in [0.2, 0.25) is 0 Å². The van der Waals surface area contributed by atoms with Crippen molar-refractivity contribution in [3.8, 4) is 5.75 Å². The van der Waals surface area contributed by atoms with E-state index in [-0.39, 0.29) is 5.78 Å². The highest BCUT2D eigenvalue weighted by Gasteiger charge is 2.24. The zero-order chi connectivity index (χ0) is 30.0. The number of hydrogen-bond donors (Lipinski definition) is 3. The van der Waals surface area contributed by atoms with E-state index in [0.29, 0.717) is 48.7 Å². The molecule has 0 saturated heterocycles. The standard InChI is InChI=1S/C31H37FN8O3/c1-22(41)27(38-31-29-28(8-5-12-34-29)36-21-40(31)42)11-15-39(16-17-43-26-18-24(32)19-33-20-26)14-3-2-7-25-10-9-23-6-4-13-35-30(23)37-25/h5,8-10,12,18-21,27,42H,2-4,6-7,11,13-17H2,1H3,(H,35,37)/p+1/t27-/m0/s1. The van der Waals surface area contributed by atoms with Gasteiger partial charge in [-0.1, -0.05) is 10.8 Å². The molecule has 0 unspecified atom stereocenters. The summed E-state index contributed by atoms with van der Waals surface area (Å²) in [6, 6.07) is 8.61. The summed E-state index contributed by atoms with van der Waals surface area (Å²) >= 11 is 0. The normalized spacial score (nSPS) is 13.4. The van der Waals surface area contributed by atoms with Gasteiger partial charge >= 0.3 is 0 Å². The van der Waals surface area contributed by atoms with Crippen molar-refractivity contribution in [1.29, 1.82) is 0 Å². The molecule has 0 saturated carbocycles. The Labute approximate surface area is 250 Å². The number of aromatic nitrogens is 5. The fourth-order valence-electron chi connectivity index (χ4n) is 5.20. The number of rotatable bonds is 15. The van der Waals surface area contributed by atoms with E-state index < -0.39 is 11.9 Å². The number of carbonyl (C=O) groups is 1. The SMILES string of the molecule is CC(=O)[C@H](CCN(CCCCc1ccc2c(n1)NCCC2)CCOc1cncc(F)c1)Nc1c2ncccc2nc[n+]1O. The van der Waals surface area contributed by atoms with Gasteiger partial charge in [0.15, 0.2) is 16.8 Å². The third-order valence-corrected chi connectivity index (χ3v) is 7.55. The predicted octanol–water partition coefficient (Wildman–Crippen LogP) is 3.61. The highest BCUT2D eigenvalue weighted by molar-refractivity contribution is 5.88. The fourth-order valence-corrected chi connectivity index (χ4v) is 5.20. The Hall–Kier alpha value is -4.45. The van der Waals surface area contributed by atoms with Gasteiger partial charge in [0.1, 0.15) is 30.0 Å². The molecule has 0 aliphatic carbocycles. The molecule has 0 fully saturated rings. The van der Waals surface area contributed by atoms with E-state index in [2.05, 4.69) is 42.6 Å². The van der Waals surface area contributed by atoms with Gasteiger partial charge in [0.05, 0.1) is 12.4 Å². The number of aryl methyl sites for hydroxylation is 2. The Kier molecular flexibility index (Phi) is 10.2. The Morgan fingerprint density at radius 3 is 2.98 bits per heavy atom. The van der Waals surface area contributed by atoms with E-state index >= 15 is 0 Å². The van der Waals surface area contributed by atoms with Crippen molar-refractivity contribution >= 4 is 28.5 Å². The molecule has 0 aromatic carbocycles. The van der Waals surface area contributed by atoms with Crippen LogP contribution in [0, 0.1) is 5.82 Å².